The molecule has 0 aliphatic heterocycles. The summed E-state index contributed by atoms with van der Waals surface area (Å²) in [7, 11) is 9.55. The van der Waals surface area contributed by atoms with Gasteiger partial charge in [-0.3, -0.25) is 0 Å². The van der Waals surface area contributed by atoms with Crippen LogP contribution in [0.15, 0.2) is 48.5 Å². The van der Waals surface area contributed by atoms with E-state index in [1.807, 2.05) is 42.5 Å². The lowest BCUT2D eigenvalue weighted by Gasteiger charge is -2.17. The zero-order valence-electron chi connectivity index (χ0n) is 21.8. The summed E-state index contributed by atoms with van der Waals surface area (Å²) in [5.41, 5.74) is 4.65. The predicted molar refractivity (Wildman–Crippen MR) is 138 cm³/mol. The molecule has 3 rings (SSSR count). The van der Waals surface area contributed by atoms with Gasteiger partial charge in [-0.05, 0) is 84.3 Å². The Kier molecular flexibility index (Phi) is 9.45. The summed E-state index contributed by atoms with van der Waals surface area (Å²) in [5.74, 6) is 3.22. The molecule has 192 valence electrons. The maximum atomic E-state index is 12.0. The first-order chi connectivity index (χ1) is 17.5. The topological polar surface area (TPSA) is 72.5 Å². The first-order valence-electron chi connectivity index (χ1n) is 11.7. The first-order valence-corrected chi connectivity index (χ1v) is 11.7. The summed E-state index contributed by atoms with van der Waals surface area (Å²) in [6, 6.07) is 15.4. The Morgan fingerprint density at radius 1 is 0.583 bits per heavy atom. The minimum Gasteiger partial charge on any atom is -0.497 e. The molecule has 7 heteroatoms. The van der Waals surface area contributed by atoms with Crippen LogP contribution in [0, 0.1) is 0 Å². The molecule has 0 aromatic heterocycles. The van der Waals surface area contributed by atoms with Crippen molar-refractivity contribution in [3.8, 4) is 28.7 Å². The van der Waals surface area contributed by atoms with E-state index in [1.165, 1.54) is 7.11 Å². The lowest BCUT2D eigenvalue weighted by Crippen LogP contribution is -2.05. The van der Waals surface area contributed by atoms with E-state index in [4.69, 9.17) is 28.4 Å². The molecule has 0 atom stereocenters. The highest BCUT2D eigenvalue weighted by molar-refractivity contribution is 5.92. The van der Waals surface area contributed by atoms with Crippen LogP contribution in [0.3, 0.4) is 0 Å². The van der Waals surface area contributed by atoms with E-state index < -0.39 is 5.97 Å². The van der Waals surface area contributed by atoms with Crippen LogP contribution in [-0.2, 0) is 30.4 Å². The van der Waals surface area contributed by atoms with Crippen LogP contribution >= 0.6 is 0 Å². The Morgan fingerprint density at radius 2 is 1.14 bits per heavy atom. The number of esters is 1. The maximum Gasteiger partial charge on any atom is 0.341 e. The lowest BCUT2D eigenvalue weighted by molar-refractivity contribution is 0.0597. The van der Waals surface area contributed by atoms with Gasteiger partial charge in [0.2, 0.25) is 0 Å². The SMILES string of the molecule is COC(=O)c1ccc(CCc2cc(OC)cc(CCc3cc(OC)cc(OC)c3)c2OC)cc1OC. The summed E-state index contributed by atoms with van der Waals surface area (Å²) in [6.07, 6.45) is 2.99. The molecule has 7 nitrogen and oxygen atoms in total. The van der Waals surface area contributed by atoms with Crippen LogP contribution < -0.4 is 23.7 Å². The van der Waals surface area contributed by atoms with Gasteiger partial charge in [0.25, 0.3) is 0 Å². The quantitative estimate of drug-likeness (QED) is 0.325. The van der Waals surface area contributed by atoms with E-state index in [1.54, 1.807) is 41.6 Å². The number of rotatable bonds is 12. The van der Waals surface area contributed by atoms with Crippen LogP contribution in [0.2, 0.25) is 0 Å². The Morgan fingerprint density at radius 3 is 1.64 bits per heavy atom. The zero-order chi connectivity index (χ0) is 26.1. The fourth-order valence-electron chi connectivity index (χ4n) is 4.21. The molecule has 0 unspecified atom stereocenters. The Hall–Kier alpha value is -3.87. The fourth-order valence-corrected chi connectivity index (χ4v) is 4.21. The van der Waals surface area contributed by atoms with Crippen LogP contribution in [0.4, 0.5) is 0 Å². The minimum atomic E-state index is -0.425. The third kappa shape index (κ3) is 6.42. The summed E-state index contributed by atoms with van der Waals surface area (Å²) in [4.78, 5) is 12.0. The average molecular weight is 495 g/mol. The number of hydrogen-bond acceptors (Lipinski definition) is 7. The second kappa shape index (κ2) is 12.7. The minimum absolute atomic E-state index is 0.402. The zero-order valence-corrected chi connectivity index (χ0v) is 21.8. The second-order valence-corrected chi connectivity index (χ2v) is 8.23. The van der Waals surface area contributed by atoms with Crippen LogP contribution in [0.1, 0.15) is 32.6 Å². The van der Waals surface area contributed by atoms with Crippen molar-refractivity contribution in [1.29, 1.82) is 0 Å². The molecule has 36 heavy (non-hydrogen) atoms. The molecule has 3 aromatic rings. The first kappa shape index (κ1) is 26.7. The van der Waals surface area contributed by atoms with E-state index in [0.717, 1.165) is 70.9 Å². The standard InChI is InChI=1S/C29H34O7/c1-31-23-13-20(14-24(18-23)32-2)8-11-22-17-25(33-3)16-21(28(22)35-5)10-7-19-9-12-26(29(30)36-6)27(15-19)34-4/h9,12-18H,7-8,10-11H2,1-6H3. The third-order valence-corrected chi connectivity index (χ3v) is 6.10. The number of carbonyl (C=O) groups is 1. The Bertz CT molecular complexity index is 1160. The van der Waals surface area contributed by atoms with Gasteiger partial charge in [-0.1, -0.05) is 6.07 Å². The van der Waals surface area contributed by atoms with Gasteiger partial charge in [0.1, 0.15) is 34.3 Å². The highest BCUT2D eigenvalue weighted by atomic mass is 16.5. The summed E-state index contributed by atoms with van der Waals surface area (Å²) in [5, 5.41) is 0. The molecular weight excluding hydrogens is 460 g/mol. The highest BCUT2D eigenvalue weighted by Crippen LogP contribution is 2.33. The van der Waals surface area contributed by atoms with E-state index in [2.05, 4.69) is 0 Å². The fraction of sp³-hybridized carbons (Fsp3) is 0.345. The van der Waals surface area contributed by atoms with Crippen LogP contribution in [0.25, 0.3) is 0 Å². The molecule has 0 saturated heterocycles. The van der Waals surface area contributed by atoms with Gasteiger partial charge in [-0.25, -0.2) is 4.79 Å². The number of hydrogen-bond donors (Lipinski definition) is 0. The van der Waals surface area contributed by atoms with Crippen LogP contribution in [-0.4, -0.2) is 48.6 Å². The second-order valence-electron chi connectivity index (χ2n) is 8.23. The molecule has 0 amide bonds. The van der Waals surface area contributed by atoms with E-state index in [9.17, 15) is 4.79 Å². The van der Waals surface area contributed by atoms with Crippen molar-refractivity contribution in [2.45, 2.75) is 25.7 Å². The number of aryl methyl sites for hydroxylation is 4. The maximum absolute atomic E-state index is 12.0. The van der Waals surface area contributed by atoms with Crippen molar-refractivity contribution in [3.05, 3.63) is 76.3 Å². The molecule has 0 radical (unpaired) electrons. The van der Waals surface area contributed by atoms with Crippen LogP contribution in [0.5, 0.6) is 28.7 Å². The van der Waals surface area contributed by atoms with Gasteiger partial charge in [0.15, 0.2) is 0 Å². The van der Waals surface area contributed by atoms with E-state index in [0.29, 0.717) is 11.3 Å². The molecule has 0 heterocycles. The molecule has 0 aliphatic rings. The summed E-state index contributed by atoms with van der Waals surface area (Å²) < 4.78 is 32.5. The lowest BCUT2D eigenvalue weighted by atomic mass is 9.96. The van der Waals surface area contributed by atoms with Gasteiger partial charge in [-0.15, -0.1) is 0 Å². The number of methoxy groups -OCH3 is 6. The molecule has 0 fully saturated rings. The van der Waals surface area contributed by atoms with Gasteiger partial charge >= 0.3 is 5.97 Å². The Labute approximate surface area is 212 Å². The Balaban J connectivity index is 1.84. The van der Waals surface area contributed by atoms with Gasteiger partial charge < -0.3 is 28.4 Å². The van der Waals surface area contributed by atoms with Crippen molar-refractivity contribution in [2.75, 3.05) is 42.7 Å². The van der Waals surface area contributed by atoms with Crippen molar-refractivity contribution in [2.24, 2.45) is 0 Å². The number of carbonyl (C=O) groups excluding carboxylic acids is 1. The van der Waals surface area contributed by atoms with Gasteiger partial charge in [-0.2, -0.15) is 0 Å². The highest BCUT2D eigenvalue weighted by Gasteiger charge is 2.16. The van der Waals surface area contributed by atoms with Crippen molar-refractivity contribution < 1.29 is 33.2 Å². The number of benzene rings is 3. The third-order valence-electron chi connectivity index (χ3n) is 6.10. The number of ether oxygens (including phenoxy) is 6. The van der Waals surface area contributed by atoms with Crippen molar-refractivity contribution in [3.63, 3.8) is 0 Å². The van der Waals surface area contributed by atoms with E-state index >= 15 is 0 Å². The molecule has 3 aromatic carbocycles. The van der Waals surface area contributed by atoms with Crippen molar-refractivity contribution >= 4 is 5.97 Å². The summed E-state index contributed by atoms with van der Waals surface area (Å²) >= 11 is 0. The molecule has 0 aliphatic carbocycles. The largest absolute Gasteiger partial charge is 0.497 e. The van der Waals surface area contributed by atoms with Gasteiger partial charge in [0.05, 0.1) is 42.7 Å². The molecule has 0 saturated carbocycles. The predicted octanol–water partition coefficient (Wildman–Crippen LogP) is 5.09. The summed E-state index contributed by atoms with van der Waals surface area (Å²) in [6.45, 7) is 0. The molecule has 0 spiro atoms. The molecule has 0 bridgehead atoms. The molecular formula is C29H34O7. The van der Waals surface area contributed by atoms with E-state index in [-0.39, 0.29) is 0 Å². The monoisotopic (exact) mass is 494 g/mol. The average Bonchev–Trinajstić information content (AvgIpc) is 2.93. The smallest absolute Gasteiger partial charge is 0.341 e. The normalized spacial score (nSPS) is 10.5. The van der Waals surface area contributed by atoms with Gasteiger partial charge in [0, 0.05) is 6.07 Å². The van der Waals surface area contributed by atoms with Crippen molar-refractivity contribution in [1.82, 2.24) is 0 Å². The molecule has 0 N–H and O–H groups in total.